The molecule has 1 rings (SSSR count). The summed E-state index contributed by atoms with van der Waals surface area (Å²) >= 11 is 0. The summed E-state index contributed by atoms with van der Waals surface area (Å²) in [4.78, 5) is 13.9. The van der Waals surface area contributed by atoms with E-state index in [0.29, 0.717) is 13.0 Å². The monoisotopic (exact) mass is 279 g/mol. The second kappa shape index (κ2) is 6.87. The van der Waals surface area contributed by atoms with E-state index in [4.69, 9.17) is 4.43 Å². The smallest absolute Gasteiger partial charge is 0.225 e. The Labute approximate surface area is 117 Å². The third-order valence-corrected chi connectivity index (χ3v) is 3.81. The van der Waals surface area contributed by atoms with Gasteiger partial charge in [0.2, 0.25) is 5.91 Å². The van der Waals surface area contributed by atoms with Gasteiger partial charge >= 0.3 is 0 Å². The van der Waals surface area contributed by atoms with Crippen LogP contribution in [0.15, 0.2) is 30.3 Å². The van der Waals surface area contributed by atoms with Gasteiger partial charge in [-0.3, -0.25) is 4.79 Å². The van der Waals surface area contributed by atoms with Crippen molar-refractivity contribution in [3.8, 4) is 0 Å². The molecule has 1 aromatic rings. The van der Waals surface area contributed by atoms with Crippen molar-refractivity contribution in [2.45, 2.75) is 45.6 Å². The molecule has 0 heterocycles. The van der Waals surface area contributed by atoms with Crippen LogP contribution in [0, 0.1) is 0 Å². The van der Waals surface area contributed by atoms with E-state index < -0.39 is 8.32 Å². The normalized spacial score (nSPS) is 13.1. The Hall–Kier alpha value is -1.13. The largest absolute Gasteiger partial charge is 0.415 e. The van der Waals surface area contributed by atoms with Gasteiger partial charge in [0.1, 0.15) is 0 Å². The van der Waals surface area contributed by atoms with E-state index in [1.165, 1.54) is 0 Å². The quantitative estimate of drug-likeness (QED) is 0.748. The molecule has 0 aliphatic heterocycles. The molecule has 0 spiro atoms. The highest BCUT2D eigenvalue weighted by molar-refractivity contribution is 6.69. The highest BCUT2D eigenvalue weighted by Crippen LogP contribution is 2.11. The SMILES string of the molecule is CC(CC(=O)N(C)Cc1ccccc1)O[Si](C)(C)C. The minimum absolute atomic E-state index is 0.00242. The molecule has 0 radical (unpaired) electrons. The molecule has 0 aliphatic rings. The average Bonchev–Trinajstić information content (AvgIpc) is 2.27. The molecule has 0 fully saturated rings. The standard InChI is InChI=1S/C15H25NO2Si/c1-13(18-19(3,4)5)11-15(17)16(2)12-14-9-7-6-8-10-14/h6-10,13H,11-12H2,1-5H3. The molecule has 19 heavy (non-hydrogen) atoms. The van der Waals surface area contributed by atoms with Crippen LogP contribution in [0.25, 0.3) is 0 Å². The first kappa shape index (κ1) is 15.9. The second-order valence-corrected chi connectivity index (χ2v) is 10.4. The van der Waals surface area contributed by atoms with Crippen LogP contribution in [0.1, 0.15) is 18.9 Å². The summed E-state index contributed by atoms with van der Waals surface area (Å²) in [5, 5.41) is 0. The van der Waals surface area contributed by atoms with Gasteiger partial charge in [-0.2, -0.15) is 0 Å². The van der Waals surface area contributed by atoms with Crippen molar-refractivity contribution in [1.29, 1.82) is 0 Å². The van der Waals surface area contributed by atoms with Crippen LogP contribution in [-0.2, 0) is 15.8 Å². The molecule has 0 bridgehead atoms. The summed E-state index contributed by atoms with van der Waals surface area (Å²) < 4.78 is 5.90. The van der Waals surface area contributed by atoms with E-state index in [1.54, 1.807) is 4.90 Å². The zero-order valence-electron chi connectivity index (χ0n) is 12.6. The Morgan fingerprint density at radius 1 is 1.26 bits per heavy atom. The topological polar surface area (TPSA) is 29.5 Å². The van der Waals surface area contributed by atoms with Crippen molar-refractivity contribution in [2.24, 2.45) is 0 Å². The third kappa shape index (κ3) is 6.54. The predicted molar refractivity (Wildman–Crippen MR) is 81.4 cm³/mol. The van der Waals surface area contributed by atoms with Crippen LogP contribution in [-0.4, -0.2) is 32.3 Å². The number of carbonyl (C=O) groups is 1. The fourth-order valence-electron chi connectivity index (χ4n) is 1.99. The van der Waals surface area contributed by atoms with Gasteiger partial charge in [0.05, 0.1) is 12.5 Å². The van der Waals surface area contributed by atoms with Crippen molar-refractivity contribution in [3.05, 3.63) is 35.9 Å². The number of rotatable bonds is 6. The summed E-state index contributed by atoms with van der Waals surface area (Å²) in [5.74, 6) is 0.134. The number of hydrogen-bond donors (Lipinski definition) is 0. The number of amides is 1. The molecule has 1 atom stereocenters. The number of hydrogen-bond acceptors (Lipinski definition) is 2. The van der Waals surface area contributed by atoms with Crippen molar-refractivity contribution >= 4 is 14.2 Å². The van der Waals surface area contributed by atoms with Crippen LogP contribution in [0.3, 0.4) is 0 Å². The zero-order chi connectivity index (χ0) is 14.5. The second-order valence-electron chi connectivity index (χ2n) is 5.98. The van der Waals surface area contributed by atoms with E-state index in [9.17, 15) is 4.79 Å². The molecular formula is C15H25NO2Si. The molecule has 0 aromatic heterocycles. The Morgan fingerprint density at radius 3 is 2.37 bits per heavy atom. The van der Waals surface area contributed by atoms with Crippen LogP contribution in [0.5, 0.6) is 0 Å². The van der Waals surface area contributed by atoms with E-state index in [-0.39, 0.29) is 12.0 Å². The Kier molecular flexibility index (Phi) is 5.75. The third-order valence-electron chi connectivity index (χ3n) is 2.71. The first-order chi connectivity index (χ1) is 8.78. The first-order valence-corrected chi connectivity index (χ1v) is 10.1. The molecule has 0 aliphatic carbocycles. The maximum Gasteiger partial charge on any atom is 0.225 e. The summed E-state index contributed by atoms with van der Waals surface area (Å²) in [6.07, 6.45) is 0.450. The summed E-state index contributed by atoms with van der Waals surface area (Å²) in [5.41, 5.74) is 1.15. The number of carbonyl (C=O) groups excluding carboxylic acids is 1. The van der Waals surface area contributed by atoms with E-state index in [0.717, 1.165) is 5.56 Å². The van der Waals surface area contributed by atoms with Gasteiger partial charge in [-0.15, -0.1) is 0 Å². The minimum Gasteiger partial charge on any atom is -0.415 e. The summed E-state index contributed by atoms with van der Waals surface area (Å²) in [6, 6.07) is 10.0. The van der Waals surface area contributed by atoms with Gasteiger partial charge in [0.15, 0.2) is 8.32 Å². The lowest BCUT2D eigenvalue weighted by molar-refractivity contribution is -0.132. The lowest BCUT2D eigenvalue weighted by Crippen LogP contribution is -2.35. The minimum atomic E-state index is -1.57. The number of nitrogens with zero attached hydrogens (tertiary/aromatic N) is 1. The number of benzene rings is 1. The van der Waals surface area contributed by atoms with Gasteiger partial charge in [-0.25, -0.2) is 0 Å². The van der Waals surface area contributed by atoms with Gasteiger partial charge in [-0.05, 0) is 32.1 Å². The predicted octanol–water partition coefficient (Wildman–Crippen LogP) is 3.28. The fraction of sp³-hybridized carbons (Fsp3) is 0.533. The molecule has 106 valence electrons. The van der Waals surface area contributed by atoms with Gasteiger partial charge < -0.3 is 9.33 Å². The highest BCUT2D eigenvalue weighted by atomic mass is 28.4. The summed E-state index contributed by atoms with van der Waals surface area (Å²) in [7, 11) is 0.277. The molecule has 1 unspecified atom stereocenters. The zero-order valence-corrected chi connectivity index (χ0v) is 13.6. The van der Waals surface area contributed by atoms with E-state index >= 15 is 0 Å². The van der Waals surface area contributed by atoms with Gasteiger partial charge in [0.25, 0.3) is 0 Å². The average molecular weight is 279 g/mol. The maximum atomic E-state index is 12.1. The first-order valence-electron chi connectivity index (χ1n) is 6.73. The van der Waals surface area contributed by atoms with E-state index in [1.807, 2.05) is 44.3 Å². The van der Waals surface area contributed by atoms with Crippen LogP contribution in [0.4, 0.5) is 0 Å². The molecule has 0 saturated heterocycles. The Bertz CT molecular complexity index is 400. The highest BCUT2D eigenvalue weighted by Gasteiger charge is 2.21. The van der Waals surface area contributed by atoms with Crippen molar-refractivity contribution in [2.75, 3.05) is 7.05 Å². The molecule has 1 aromatic carbocycles. The van der Waals surface area contributed by atoms with Crippen LogP contribution >= 0.6 is 0 Å². The molecule has 0 N–H and O–H groups in total. The van der Waals surface area contributed by atoms with E-state index in [2.05, 4.69) is 19.6 Å². The maximum absolute atomic E-state index is 12.1. The molecule has 1 amide bonds. The molecular weight excluding hydrogens is 254 g/mol. The summed E-state index contributed by atoms with van der Waals surface area (Å²) in [6.45, 7) is 9.05. The van der Waals surface area contributed by atoms with Crippen LogP contribution < -0.4 is 0 Å². The van der Waals surface area contributed by atoms with Gasteiger partial charge in [0, 0.05) is 13.6 Å². The lowest BCUT2D eigenvalue weighted by atomic mass is 10.2. The Balaban J connectivity index is 2.45. The molecule has 3 nitrogen and oxygen atoms in total. The van der Waals surface area contributed by atoms with Gasteiger partial charge in [-0.1, -0.05) is 30.3 Å². The molecule has 0 saturated carbocycles. The fourth-order valence-corrected chi connectivity index (χ4v) is 3.28. The lowest BCUT2D eigenvalue weighted by Gasteiger charge is -2.25. The van der Waals surface area contributed by atoms with Crippen molar-refractivity contribution in [3.63, 3.8) is 0 Å². The van der Waals surface area contributed by atoms with Crippen molar-refractivity contribution in [1.82, 2.24) is 4.90 Å². The Morgan fingerprint density at radius 2 is 1.84 bits per heavy atom. The molecule has 4 heteroatoms. The van der Waals surface area contributed by atoms with Crippen molar-refractivity contribution < 1.29 is 9.22 Å². The van der Waals surface area contributed by atoms with Crippen LogP contribution in [0.2, 0.25) is 19.6 Å².